The molecule has 0 spiro atoms. The summed E-state index contributed by atoms with van der Waals surface area (Å²) in [6.07, 6.45) is 10.1. The lowest BCUT2D eigenvalue weighted by molar-refractivity contribution is -0.0298. The van der Waals surface area contributed by atoms with E-state index in [1.54, 1.807) is 87.9 Å². The molecule has 1 aliphatic heterocycles. The first-order valence-electron chi connectivity index (χ1n) is 29.9. The van der Waals surface area contributed by atoms with E-state index in [0.717, 1.165) is 19.3 Å². The number of aromatic nitrogens is 12. The van der Waals surface area contributed by atoms with Gasteiger partial charge in [-0.3, -0.25) is 42.9 Å². The van der Waals surface area contributed by atoms with Crippen LogP contribution in [0.15, 0.2) is 180 Å². The van der Waals surface area contributed by atoms with Crippen LogP contribution >= 0.6 is 24.0 Å². The number of rotatable bonds is 19. The van der Waals surface area contributed by atoms with Gasteiger partial charge in [0.25, 0.3) is 17.0 Å². The van der Waals surface area contributed by atoms with E-state index in [0.29, 0.717) is 126 Å². The highest BCUT2D eigenvalue weighted by molar-refractivity contribution is 14.0. The number of benzene rings is 6. The zero-order valence-electron chi connectivity index (χ0n) is 50.6. The highest BCUT2D eigenvalue weighted by atomic mass is 127. The van der Waals surface area contributed by atoms with E-state index < -0.39 is 24.0 Å². The summed E-state index contributed by atoms with van der Waals surface area (Å²) in [5, 5.41) is 16.5. The summed E-state index contributed by atoms with van der Waals surface area (Å²) < 4.78 is 15.9. The molecule has 0 aliphatic carbocycles. The Balaban J connectivity index is 0.000000190. The first-order chi connectivity index (χ1) is 44.9. The van der Waals surface area contributed by atoms with Crippen LogP contribution in [0.1, 0.15) is 128 Å². The summed E-state index contributed by atoms with van der Waals surface area (Å²) in [4.78, 5) is 119. The van der Waals surface area contributed by atoms with E-state index in [4.69, 9.17) is 24.6 Å². The number of hydrogen-bond donors (Lipinski definition) is 5. The Hall–Kier alpha value is -10.8. The van der Waals surface area contributed by atoms with Crippen molar-refractivity contribution in [3.63, 3.8) is 0 Å². The quantitative estimate of drug-likeness (QED) is 0.0165. The number of carbonyl (C=O) groups excluding carboxylic acids is 4. The number of nitrogens with one attached hydrogen (secondary N) is 4. The first kappa shape index (κ1) is 63.8. The van der Waals surface area contributed by atoms with Crippen LogP contribution in [0, 0.1) is 0 Å². The van der Waals surface area contributed by atoms with E-state index in [2.05, 4.69) is 45.5 Å². The summed E-state index contributed by atoms with van der Waals surface area (Å²) in [7, 11) is 1.31. The molecule has 6 aromatic carbocycles. The summed E-state index contributed by atoms with van der Waals surface area (Å²) in [5.41, 5.74) is 8.03. The molecule has 6 aromatic heterocycles. The van der Waals surface area contributed by atoms with Gasteiger partial charge in [-0.05, 0) is 104 Å². The van der Waals surface area contributed by atoms with Crippen molar-refractivity contribution in [2.24, 2.45) is 0 Å². The molecule has 1 saturated heterocycles. The highest BCUT2D eigenvalue weighted by Crippen LogP contribution is 2.32. The van der Waals surface area contributed by atoms with Crippen molar-refractivity contribution in [1.29, 1.82) is 0 Å². The van der Waals surface area contributed by atoms with Gasteiger partial charge in [0.05, 0.1) is 70.6 Å². The number of amides is 1. The van der Waals surface area contributed by atoms with Crippen molar-refractivity contribution in [1.82, 2.24) is 64.0 Å². The summed E-state index contributed by atoms with van der Waals surface area (Å²) in [6, 6.07) is 40.6. The molecular weight excluding hydrogens is 1300 g/mol. The predicted octanol–water partition coefficient (Wildman–Crippen LogP) is 10.8. The lowest BCUT2D eigenvalue weighted by Gasteiger charge is -2.24. The Morgan fingerprint density at radius 3 is 1.68 bits per heavy atom. The monoisotopic (exact) mass is 1360 g/mol. The van der Waals surface area contributed by atoms with Crippen molar-refractivity contribution < 1.29 is 33.9 Å². The van der Waals surface area contributed by atoms with Crippen molar-refractivity contribution in [3.8, 4) is 11.4 Å². The fraction of sp³-hybridized carbons (Fsp3) is 0.206. The molecule has 5 N–H and O–H groups in total. The van der Waals surface area contributed by atoms with Crippen molar-refractivity contribution in [2.45, 2.75) is 77.1 Å². The van der Waals surface area contributed by atoms with Crippen LogP contribution in [-0.2, 0) is 22.3 Å². The molecule has 470 valence electrons. The van der Waals surface area contributed by atoms with Crippen LogP contribution in [0.3, 0.4) is 0 Å². The number of ether oxygens (including phenoxy) is 2. The third-order valence-corrected chi connectivity index (χ3v) is 16.1. The van der Waals surface area contributed by atoms with Crippen LogP contribution in [0.2, 0.25) is 0 Å². The lowest BCUT2D eigenvalue weighted by atomic mass is 9.99. The molecule has 7 heterocycles. The average molecular weight is 1360 g/mol. The third kappa shape index (κ3) is 13.2. The maximum Gasteiger partial charge on any atom is 0.337 e. The van der Waals surface area contributed by atoms with Gasteiger partial charge in [-0.25, -0.2) is 50.1 Å². The molecule has 12 aromatic rings. The third-order valence-electron chi connectivity index (χ3n) is 16.1. The predicted molar refractivity (Wildman–Crippen MR) is 359 cm³/mol. The molecule has 93 heavy (non-hydrogen) atoms. The number of halogens is 1. The zero-order valence-corrected chi connectivity index (χ0v) is 52.9. The molecule has 0 radical (unpaired) electrons. The second-order valence-electron chi connectivity index (χ2n) is 21.7. The number of imidazole rings is 2. The number of aromatic amines is 1. The topological polar surface area (TPSA) is 311 Å². The number of hydrogen-bond acceptors (Lipinski definition) is 19. The smallest absolute Gasteiger partial charge is 0.337 e. The molecule has 0 bridgehead atoms. The molecule has 1 fully saturated rings. The Bertz CT molecular complexity index is 4850. The van der Waals surface area contributed by atoms with Crippen molar-refractivity contribution in [3.05, 3.63) is 237 Å². The highest BCUT2D eigenvalue weighted by Gasteiger charge is 2.28. The van der Waals surface area contributed by atoms with Gasteiger partial charge in [-0.15, -0.1) is 24.0 Å². The summed E-state index contributed by atoms with van der Waals surface area (Å²) in [5.74, 6) is 0.446. The van der Waals surface area contributed by atoms with Crippen molar-refractivity contribution in [2.75, 3.05) is 24.4 Å². The van der Waals surface area contributed by atoms with E-state index in [9.17, 15) is 28.8 Å². The Labute approximate surface area is 547 Å². The second kappa shape index (κ2) is 28.6. The maximum atomic E-state index is 14.6. The Kier molecular flexibility index (Phi) is 19.6. The zero-order chi connectivity index (χ0) is 63.8. The largest absolute Gasteiger partial charge is 0.465 e. The number of esters is 1. The standard InChI is InChI=1S/C37H35N7O5.C31H26N8O4.HI/c1-3-27(41-33-32-35(39-21-38-33)43(22-40-32)30-14-7-8-19-49-30)34-42-28-13-9-10-25(31(28)36(46)44(34)26-11-5-4-6-12-26)20-29(45)23-15-17-24(18-16-23)37(47)48-2;1-2-22(36-28-26-27(33-16-32-26)34-17-35-28)29-37-23-10-6-7-20(25(23)31(42)39(29)21-8-4-3-5-9-21)15-24(40)18-11-13-19(14-12-18)30(41)38-43;/h4-6,9-13,15-18,21-22,27,30H,3,7-8,14,19-20H2,1-2H3,(H,38,39,41);3-14,16-17,22,43H,2,15H2,1H3,(H,38,41)(H2,32,33,34,35,36);1H/t27-,30?;22-;/m00./s1. The van der Waals surface area contributed by atoms with E-state index in [1.165, 1.54) is 44.0 Å². The van der Waals surface area contributed by atoms with Crippen molar-refractivity contribution >= 4 is 103 Å². The summed E-state index contributed by atoms with van der Waals surface area (Å²) in [6.45, 7) is 4.69. The summed E-state index contributed by atoms with van der Waals surface area (Å²) >= 11 is 0. The molecular formula is C68H62IN15O9. The fourth-order valence-electron chi connectivity index (χ4n) is 11.4. The maximum absolute atomic E-state index is 14.6. The van der Waals surface area contributed by atoms with Crippen LogP contribution in [-0.4, -0.2) is 101 Å². The van der Waals surface area contributed by atoms with E-state index in [1.807, 2.05) is 79.1 Å². The molecule has 0 saturated carbocycles. The van der Waals surface area contributed by atoms with Gasteiger partial charge in [-0.2, -0.15) is 0 Å². The molecule has 1 aliphatic rings. The van der Waals surface area contributed by atoms with Crippen LogP contribution in [0.5, 0.6) is 0 Å². The van der Waals surface area contributed by atoms with Gasteiger partial charge in [-0.1, -0.05) is 98.8 Å². The molecule has 1 amide bonds. The lowest BCUT2D eigenvalue weighted by Crippen LogP contribution is -2.29. The number of ketones is 2. The second-order valence-corrected chi connectivity index (χ2v) is 21.7. The number of carbonyl (C=O) groups is 4. The molecule has 25 heteroatoms. The van der Waals surface area contributed by atoms with Crippen LogP contribution < -0.4 is 27.2 Å². The minimum Gasteiger partial charge on any atom is -0.465 e. The van der Waals surface area contributed by atoms with Gasteiger partial charge in [0.15, 0.2) is 40.0 Å². The number of H-pyrrole nitrogens is 1. The fourth-order valence-corrected chi connectivity index (χ4v) is 11.4. The van der Waals surface area contributed by atoms with Crippen LogP contribution in [0.4, 0.5) is 11.6 Å². The number of fused-ring (bicyclic) bond motifs is 4. The van der Waals surface area contributed by atoms with Gasteiger partial charge in [0.2, 0.25) is 0 Å². The Morgan fingerprint density at radius 2 is 1.15 bits per heavy atom. The number of methoxy groups -OCH3 is 1. The van der Waals surface area contributed by atoms with Crippen LogP contribution in [0.25, 0.3) is 55.5 Å². The molecule has 1 unspecified atom stereocenters. The molecule has 24 nitrogen and oxygen atoms in total. The Morgan fingerprint density at radius 1 is 0.624 bits per heavy atom. The molecule has 13 rings (SSSR count). The first-order valence-corrected chi connectivity index (χ1v) is 29.9. The number of anilines is 2. The minimum atomic E-state index is -0.676. The SMILES string of the molecule is CC[C@H](Nc1ncnc2c1ncn2C1CCCCO1)c1nc2cccc(CC(=O)c3ccc(C(=O)OC)cc3)c2c(=O)n1-c1ccccc1.CC[C@H](Nc1ncnc2nc[nH]c12)c1nc2cccc(CC(=O)c3ccc(C(=O)NO)cc3)c2c(=O)n1-c1ccccc1.I. The number of hydroxylamine groups is 1. The van der Waals surface area contributed by atoms with Gasteiger partial charge >= 0.3 is 5.97 Å². The van der Waals surface area contributed by atoms with Gasteiger partial charge < -0.3 is 25.1 Å². The number of nitrogens with zero attached hydrogens (tertiary/aromatic N) is 11. The molecule has 3 atom stereocenters. The normalized spacial score (nSPS) is 13.5. The number of para-hydroxylation sites is 2. The van der Waals surface area contributed by atoms with Gasteiger partial charge in [0, 0.05) is 36.1 Å². The van der Waals surface area contributed by atoms with Gasteiger partial charge in [0.1, 0.15) is 36.0 Å². The van der Waals surface area contributed by atoms with E-state index in [-0.39, 0.29) is 71.3 Å². The minimum absolute atomic E-state index is 0. The average Bonchev–Trinajstić information content (AvgIpc) is 1.55. The number of Topliss-reactive ketones (excluding diaryl/α,β-unsaturated/α-hetero) is 2. The van der Waals surface area contributed by atoms with E-state index >= 15 is 0 Å².